The Labute approximate surface area is 224 Å². The average Bonchev–Trinajstić information content (AvgIpc) is 2.89. The molecule has 1 unspecified atom stereocenters. The first-order chi connectivity index (χ1) is 18.0. The number of phenols is 1. The number of nitrogens with two attached hydrogens (primary N) is 1. The Kier molecular flexibility index (Phi) is 20.2. The molecule has 0 aromatic heterocycles. The molecule has 1 rings (SSSR count). The van der Waals surface area contributed by atoms with Crippen molar-refractivity contribution in [3.8, 4) is 5.75 Å². The first-order valence-corrected chi connectivity index (χ1v) is 14.6. The van der Waals surface area contributed by atoms with E-state index in [1.165, 1.54) is 102 Å². The van der Waals surface area contributed by atoms with Crippen LogP contribution >= 0.6 is 0 Å². The third-order valence-electron chi connectivity index (χ3n) is 6.55. The SMILES string of the molecule is CCCCCCCC/C=C\CCCCCCCCCCCC(=O)OOC(=O)C(N)Cc1ccc(O)cc1. The third kappa shape index (κ3) is 19.4. The molecule has 0 aliphatic heterocycles. The number of aromatic hydroxyl groups is 1. The zero-order chi connectivity index (χ0) is 27.0. The molecule has 3 N–H and O–H groups in total. The lowest BCUT2D eigenvalue weighted by atomic mass is 10.1. The molecule has 0 saturated heterocycles. The number of rotatable bonds is 22. The topological polar surface area (TPSA) is 98.9 Å². The fourth-order valence-corrected chi connectivity index (χ4v) is 4.21. The van der Waals surface area contributed by atoms with Gasteiger partial charge in [0.25, 0.3) is 0 Å². The van der Waals surface area contributed by atoms with Crippen LogP contribution in [0.3, 0.4) is 0 Å². The number of carbonyl (C=O) groups excluding carboxylic acids is 2. The van der Waals surface area contributed by atoms with Crippen LogP contribution in [0.2, 0.25) is 0 Å². The van der Waals surface area contributed by atoms with Crippen molar-refractivity contribution in [3.63, 3.8) is 0 Å². The Balaban J connectivity index is 1.87. The number of unbranched alkanes of at least 4 members (excludes halogenated alkanes) is 15. The molecule has 0 amide bonds. The summed E-state index contributed by atoms with van der Waals surface area (Å²) >= 11 is 0. The van der Waals surface area contributed by atoms with Gasteiger partial charge in [-0.1, -0.05) is 108 Å². The lowest BCUT2D eigenvalue weighted by Gasteiger charge is -2.10. The molecular weight excluding hydrogens is 466 g/mol. The van der Waals surface area contributed by atoms with Gasteiger partial charge >= 0.3 is 11.9 Å². The van der Waals surface area contributed by atoms with Crippen LogP contribution < -0.4 is 5.73 Å². The van der Waals surface area contributed by atoms with Crippen molar-refractivity contribution in [3.05, 3.63) is 42.0 Å². The summed E-state index contributed by atoms with van der Waals surface area (Å²) in [5.74, 6) is -1.20. The molecule has 0 aliphatic carbocycles. The van der Waals surface area contributed by atoms with Crippen LogP contribution in [-0.2, 0) is 25.8 Å². The van der Waals surface area contributed by atoms with Gasteiger partial charge in [0, 0.05) is 0 Å². The predicted octanol–water partition coefficient (Wildman–Crippen LogP) is 7.86. The highest BCUT2D eigenvalue weighted by atomic mass is 17.2. The number of carbonyl (C=O) groups is 2. The summed E-state index contributed by atoms with van der Waals surface area (Å²) in [6.07, 6.45) is 26.3. The van der Waals surface area contributed by atoms with E-state index in [0.717, 1.165) is 24.8 Å². The molecule has 0 aliphatic rings. The number of hydrogen-bond donors (Lipinski definition) is 2. The highest BCUT2D eigenvalue weighted by Crippen LogP contribution is 2.13. The van der Waals surface area contributed by atoms with E-state index in [9.17, 15) is 14.7 Å². The van der Waals surface area contributed by atoms with Crippen LogP contribution in [0.4, 0.5) is 0 Å². The molecule has 0 fully saturated rings. The lowest BCUT2D eigenvalue weighted by molar-refractivity contribution is -0.260. The van der Waals surface area contributed by atoms with E-state index < -0.39 is 18.0 Å². The largest absolute Gasteiger partial charge is 0.508 e. The molecule has 0 radical (unpaired) electrons. The summed E-state index contributed by atoms with van der Waals surface area (Å²) in [6.45, 7) is 2.26. The zero-order valence-corrected chi connectivity index (χ0v) is 23.1. The molecule has 0 bridgehead atoms. The van der Waals surface area contributed by atoms with Gasteiger partial charge in [-0.15, -0.1) is 0 Å². The van der Waals surface area contributed by atoms with Crippen molar-refractivity contribution >= 4 is 11.9 Å². The average molecular weight is 518 g/mol. The maximum absolute atomic E-state index is 11.9. The Morgan fingerprint density at radius 3 is 1.78 bits per heavy atom. The van der Waals surface area contributed by atoms with Gasteiger partial charge in [-0.25, -0.2) is 19.4 Å². The quantitative estimate of drug-likeness (QED) is 0.0703. The number of benzene rings is 1. The Hall–Kier alpha value is -2.34. The maximum atomic E-state index is 11.9. The van der Waals surface area contributed by atoms with Crippen molar-refractivity contribution < 1.29 is 24.5 Å². The van der Waals surface area contributed by atoms with Crippen molar-refractivity contribution in [2.45, 2.75) is 135 Å². The summed E-state index contributed by atoms with van der Waals surface area (Å²) in [5.41, 5.74) is 6.57. The van der Waals surface area contributed by atoms with Crippen molar-refractivity contribution in [2.75, 3.05) is 0 Å². The van der Waals surface area contributed by atoms with E-state index in [1.807, 2.05) is 0 Å². The molecule has 1 aromatic rings. The summed E-state index contributed by atoms with van der Waals surface area (Å²) in [4.78, 5) is 32.9. The molecule has 210 valence electrons. The van der Waals surface area contributed by atoms with Crippen LogP contribution in [0.25, 0.3) is 0 Å². The van der Waals surface area contributed by atoms with Gasteiger partial charge in [-0.3, -0.25) is 0 Å². The Bertz CT molecular complexity index is 732. The van der Waals surface area contributed by atoms with E-state index in [2.05, 4.69) is 28.9 Å². The highest BCUT2D eigenvalue weighted by Gasteiger charge is 2.19. The lowest BCUT2D eigenvalue weighted by Crippen LogP contribution is -2.34. The molecule has 0 spiro atoms. The van der Waals surface area contributed by atoms with Crippen LogP contribution in [0.5, 0.6) is 5.75 Å². The van der Waals surface area contributed by atoms with Crippen molar-refractivity contribution in [1.82, 2.24) is 0 Å². The summed E-state index contributed by atoms with van der Waals surface area (Å²) in [6, 6.07) is 5.44. The van der Waals surface area contributed by atoms with Gasteiger partial charge in [-0.05, 0) is 56.2 Å². The van der Waals surface area contributed by atoms with Gasteiger partial charge < -0.3 is 10.8 Å². The number of hydrogen-bond acceptors (Lipinski definition) is 6. The Morgan fingerprint density at radius 2 is 1.24 bits per heavy atom. The molecule has 6 heteroatoms. The van der Waals surface area contributed by atoms with Gasteiger partial charge in [0.2, 0.25) is 0 Å². The minimum atomic E-state index is -0.941. The monoisotopic (exact) mass is 517 g/mol. The van der Waals surface area contributed by atoms with Crippen molar-refractivity contribution in [1.29, 1.82) is 0 Å². The smallest absolute Gasteiger partial charge is 0.372 e. The maximum Gasteiger partial charge on any atom is 0.372 e. The first-order valence-electron chi connectivity index (χ1n) is 14.6. The second-order valence-corrected chi connectivity index (χ2v) is 10.1. The molecule has 6 nitrogen and oxygen atoms in total. The summed E-state index contributed by atoms with van der Waals surface area (Å²) < 4.78 is 0. The van der Waals surface area contributed by atoms with E-state index in [0.29, 0.717) is 0 Å². The molecule has 1 atom stereocenters. The summed E-state index contributed by atoms with van der Waals surface area (Å²) in [7, 11) is 0. The molecule has 0 heterocycles. The van der Waals surface area contributed by atoms with Crippen LogP contribution in [-0.4, -0.2) is 23.1 Å². The summed E-state index contributed by atoms with van der Waals surface area (Å²) in [5, 5.41) is 9.29. The standard InChI is InChI=1S/C31H51NO5/c1-2-3-4-5-6-7-8-9-10-11-12-13-14-15-16-17-18-19-20-21-30(34)36-37-31(35)29(32)26-27-22-24-28(33)25-23-27/h9-10,22-25,29,33H,2-8,11-21,26,32H2,1H3/b10-9-. The van der Waals surface area contributed by atoms with Crippen LogP contribution in [0, 0.1) is 0 Å². The van der Waals surface area contributed by atoms with Crippen LogP contribution in [0.1, 0.15) is 128 Å². The third-order valence-corrected chi connectivity index (χ3v) is 6.55. The fourth-order valence-electron chi connectivity index (χ4n) is 4.21. The fraction of sp³-hybridized carbons (Fsp3) is 0.677. The molecule has 0 saturated carbocycles. The predicted molar refractivity (Wildman–Crippen MR) is 150 cm³/mol. The normalized spacial score (nSPS) is 12.1. The second kappa shape index (κ2) is 22.8. The van der Waals surface area contributed by atoms with Gasteiger partial charge in [0.05, 0.1) is 6.42 Å². The van der Waals surface area contributed by atoms with Crippen LogP contribution in [0.15, 0.2) is 36.4 Å². The zero-order valence-electron chi connectivity index (χ0n) is 23.1. The minimum Gasteiger partial charge on any atom is -0.508 e. The highest BCUT2D eigenvalue weighted by molar-refractivity contribution is 5.77. The van der Waals surface area contributed by atoms with Crippen molar-refractivity contribution in [2.24, 2.45) is 5.73 Å². The van der Waals surface area contributed by atoms with Gasteiger partial charge in [-0.2, -0.15) is 0 Å². The second-order valence-electron chi connectivity index (χ2n) is 10.1. The van der Waals surface area contributed by atoms with E-state index in [1.54, 1.807) is 12.1 Å². The van der Waals surface area contributed by atoms with Gasteiger partial charge in [0.1, 0.15) is 11.8 Å². The number of allylic oxidation sites excluding steroid dienone is 2. The van der Waals surface area contributed by atoms with Gasteiger partial charge in [0.15, 0.2) is 0 Å². The Morgan fingerprint density at radius 1 is 0.757 bits per heavy atom. The molecule has 1 aromatic carbocycles. The molecule has 37 heavy (non-hydrogen) atoms. The minimum absolute atomic E-state index is 0.140. The van der Waals surface area contributed by atoms with E-state index in [4.69, 9.17) is 5.73 Å². The first kappa shape index (κ1) is 32.7. The van der Waals surface area contributed by atoms with E-state index in [-0.39, 0.29) is 18.6 Å². The number of phenolic OH excluding ortho intramolecular Hbond substituents is 1. The molecular formula is C31H51NO5. The van der Waals surface area contributed by atoms with E-state index >= 15 is 0 Å².